The highest BCUT2D eigenvalue weighted by Crippen LogP contribution is 2.26. The van der Waals surface area contributed by atoms with E-state index in [1.165, 1.54) is 96.3 Å². The fourth-order valence-electron chi connectivity index (χ4n) is 7.89. The van der Waals surface area contributed by atoms with Crippen LogP contribution in [0.15, 0.2) is 60.8 Å². The number of carbonyl (C=O) groups is 1. The van der Waals surface area contributed by atoms with Crippen molar-refractivity contribution in [2.75, 3.05) is 33.0 Å². The Hall–Kier alpha value is -2.31. The molecule has 0 aliphatic carbocycles. The highest BCUT2D eigenvalue weighted by Gasteiger charge is 2.47. The fraction of sp³-hybridized carbons (Fsp3) is 0.792. The average Bonchev–Trinajstić information content (AvgIpc) is 3.32. The molecule has 14 heteroatoms. The van der Waals surface area contributed by atoms with Gasteiger partial charge >= 0.3 is 5.97 Å². The van der Waals surface area contributed by atoms with E-state index in [1.54, 1.807) is 6.08 Å². The summed E-state index contributed by atoms with van der Waals surface area (Å²) in [5, 5.41) is 72.1. The van der Waals surface area contributed by atoms with Crippen molar-refractivity contribution in [3.8, 4) is 0 Å². The van der Waals surface area contributed by atoms with Gasteiger partial charge in [-0.05, 0) is 38.5 Å². The smallest absolute Gasteiger partial charge is 0.310 e. The van der Waals surface area contributed by atoms with E-state index in [9.17, 15) is 40.5 Å². The van der Waals surface area contributed by atoms with Gasteiger partial charge in [0.15, 0.2) is 12.6 Å². The minimum absolute atomic E-state index is 0.0218. The van der Waals surface area contributed by atoms with Crippen LogP contribution in [0.5, 0.6) is 0 Å². The van der Waals surface area contributed by atoms with E-state index in [-0.39, 0.29) is 19.6 Å². The molecule has 388 valence electrons. The Morgan fingerprint density at radius 1 is 0.493 bits per heavy atom. The fourth-order valence-corrected chi connectivity index (χ4v) is 7.89. The maximum absolute atomic E-state index is 12.9. The van der Waals surface area contributed by atoms with E-state index in [2.05, 4.69) is 56.4 Å². The van der Waals surface area contributed by atoms with Gasteiger partial charge in [0.2, 0.25) is 0 Å². The molecule has 0 spiro atoms. The van der Waals surface area contributed by atoms with Crippen LogP contribution >= 0.6 is 0 Å². The monoisotopic (exact) mass is 953 g/mol. The molecule has 2 rings (SSSR count). The molecule has 0 bridgehead atoms. The van der Waals surface area contributed by atoms with Crippen LogP contribution < -0.4 is 0 Å². The van der Waals surface area contributed by atoms with Crippen LogP contribution in [-0.4, -0.2) is 142 Å². The van der Waals surface area contributed by atoms with E-state index in [0.717, 1.165) is 44.9 Å². The quantitative estimate of drug-likeness (QED) is 0.0178. The second-order valence-corrected chi connectivity index (χ2v) is 18.0. The van der Waals surface area contributed by atoms with Gasteiger partial charge in [0.1, 0.15) is 54.9 Å². The van der Waals surface area contributed by atoms with Crippen LogP contribution in [0.1, 0.15) is 168 Å². The zero-order valence-electron chi connectivity index (χ0n) is 41.1. The summed E-state index contributed by atoms with van der Waals surface area (Å²) in [4.78, 5) is 12.9. The number of esters is 1. The van der Waals surface area contributed by atoms with Crippen LogP contribution in [0.25, 0.3) is 0 Å². The van der Waals surface area contributed by atoms with Gasteiger partial charge in [-0.15, -0.1) is 0 Å². The Bertz CT molecular complexity index is 1340. The summed E-state index contributed by atoms with van der Waals surface area (Å²) in [7, 11) is 0. The molecule has 2 aliphatic heterocycles. The van der Waals surface area contributed by atoms with Crippen molar-refractivity contribution >= 4 is 5.97 Å². The number of ether oxygens (including phenoxy) is 6. The number of hydrogen-bond acceptors (Lipinski definition) is 14. The van der Waals surface area contributed by atoms with Gasteiger partial charge in [-0.25, -0.2) is 0 Å². The van der Waals surface area contributed by atoms with E-state index < -0.39 is 86.7 Å². The minimum atomic E-state index is -1.72. The molecule has 67 heavy (non-hydrogen) atoms. The highest BCUT2D eigenvalue weighted by molar-refractivity contribution is 5.71. The first-order chi connectivity index (χ1) is 32.6. The first-order valence-electron chi connectivity index (χ1n) is 25.9. The zero-order valence-corrected chi connectivity index (χ0v) is 41.1. The number of allylic oxidation sites excluding steroid dienone is 9. The van der Waals surface area contributed by atoms with Crippen molar-refractivity contribution in [3.05, 3.63) is 60.8 Å². The summed E-state index contributed by atoms with van der Waals surface area (Å²) in [6.45, 7) is 3.45. The standard InChI is InChI=1S/C53H92O14/c1-3-5-7-9-11-13-15-17-19-20-21-23-25-27-29-31-33-35-37-62-39-42(65-45(55)36-34-32-30-28-26-24-22-18-16-14-12-10-8-6-4-2)40-63-52-51(61)49(59)47(57)44(67-52)41-64-53-50(60)48(58)46(56)43(38-54)66-53/h6,8,12,14,18,22,26,28,32,34,42-44,46-54,56-61H,3-5,7,9-11,13,15-17,19-21,23-25,27,29-31,33,35-41H2,1-2H3/b8-6-,14-12-,22-18-,28-26-,34-32-. The van der Waals surface area contributed by atoms with E-state index in [0.29, 0.717) is 13.0 Å². The van der Waals surface area contributed by atoms with Crippen LogP contribution in [0.2, 0.25) is 0 Å². The summed E-state index contributed by atoms with van der Waals surface area (Å²) < 4.78 is 34.1. The lowest BCUT2D eigenvalue weighted by molar-refractivity contribution is -0.332. The van der Waals surface area contributed by atoms with Crippen molar-refractivity contribution in [1.82, 2.24) is 0 Å². The molecule has 7 N–H and O–H groups in total. The third kappa shape index (κ3) is 28.2. The molecule has 2 aliphatic rings. The summed E-state index contributed by atoms with van der Waals surface area (Å²) >= 11 is 0. The number of unbranched alkanes of at least 4 members (excludes halogenated alkanes) is 17. The van der Waals surface area contributed by atoms with E-state index in [1.807, 2.05) is 12.2 Å². The third-order valence-corrected chi connectivity index (χ3v) is 12.1. The second-order valence-electron chi connectivity index (χ2n) is 18.0. The molecule has 14 nitrogen and oxygen atoms in total. The van der Waals surface area contributed by atoms with E-state index in [4.69, 9.17) is 28.4 Å². The summed E-state index contributed by atoms with van der Waals surface area (Å²) in [6, 6.07) is 0. The number of carbonyl (C=O) groups excluding carboxylic acids is 1. The maximum Gasteiger partial charge on any atom is 0.310 e. The number of rotatable bonds is 40. The van der Waals surface area contributed by atoms with Crippen molar-refractivity contribution in [2.24, 2.45) is 0 Å². The Balaban J connectivity index is 1.79. The van der Waals surface area contributed by atoms with Gasteiger partial charge in [0, 0.05) is 6.61 Å². The number of aliphatic hydroxyl groups excluding tert-OH is 7. The molecular formula is C53H92O14. The van der Waals surface area contributed by atoms with Gasteiger partial charge in [-0.2, -0.15) is 0 Å². The third-order valence-electron chi connectivity index (χ3n) is 12.1. The predicted molar refractivity (Wildman–Crippen MR) is 261 cm³/mol. The van der Waals surface area contributed by atoms with Crippen molar-refractivity contribution in [2.45, 2.75) is 235 Å². The molecule has 11 atom stereocenters. The molecular weight excluding hydrogens is 861 g/mol. The van der Waals surface area contributed by atoms with Gasteiger partial charge < -0.3 is 64.2 Å². The molecule has 0 radical (unpaired) electrons. The molecule has 2 fully saturated rings. The molecule has 2 heterocycles. The lowest BCUT2D eigenvalue weighted by Gasteiger charge is -2.42. The Morgan fingerprint density at radius 2 is 0.910 bits per heavy atom. The molecule has 0 aromatic heterocycles. The van der Waals surface area contributed by atoms with Crippen molar-refractivity contribution < 1.29 is 69.0 Å². The van der Waals surface area contributed by atoms with Gasteiger partial charge in [-0.1, -0.05) is 184 Å². The minimum Gasteiger partial charge on any atom is -0.457 e. The first kappa shape index (κ1) is 60.8. The summed E-state index contributed by atoms with van der Waals surface area (Å²) in [6.07, 6.45) is 31.7. The summed E-state index contributed by atoms with van der Waals surface area (Å²) in [5.74, 6) is -0.502. The lowest BCUT2D eigenvalue weighted by Crippen LogP contribution is -2.61. The van der Waals surface area contributed by atoms with Crippen molar-refractivity contribution in [3.63, 3.8) is 0 Å². The molecule has 0 amide bonds. The normalized spacial score (nSPS) is 26.6. The number of hydrogen-bond donors (Lipinski definition) is 7. The van der Waals surface area contributed by atoms with Gasteiger partial charge in [0.05, 0.1) is 32.8 Å². The second kappa shape index (κ2) is 40.4. The Labute approximate surface area is 403 Å². The van der Waals surface area contributed by atoms with Gasteiger partial charge in [-0.3, -0.25) is 4.79 Å². The van der Waals surface area contributed by atoms with Crippen LogP contribution in [0, 0.1) is 0 Å². The molecule has 0 aromatic carbocycles. The largest absolute Gasteiger partial charge is 0.457 e. The van der Waals surface area contributed by atoms with Gasteiger partial charge in [0.25, 0.3) is 0 Å². The first-order valence-corrected chi connectivity index (χ1v) is 25.9. The Kier molecular flexibility index (Phi) is 36.7. The average molecular weight is 953 g/mol. The Morgan fingerprint density at radius 3 is 1.39 bits per heavy atom. The van der Waals surface area contributed by atoms with Crippen LogP contribution in [0.3, 0.4) is 0 Å². The van der Waals surface area contributed by atoms with Crippen LogP contribution in [0.4, 0.5) is 0 Å². The van der Waals surface area contributed by atoms with E-state index >= 15 is 0 Å². The predicted octanol–water partition coefficient (Wildman–Crippen LogP) is 7.74. The highest BCUT2D eigenvalue weighted by atomic mass is 16.7. The van der Waals surface area contributed by atoms with Crippen molar-refractivity contribution in [1.29, 1.82) is 0 Å². The molecule has 0 saturated carbocycles. The molecule has 2 saturated heterocycles. The molecule has 11 unspecified atom stereocenters. The number of aliphatic hydroxyl groups is 7. The zero-order chi connectivity index (χ0) is 48.7. The topological polar surface area (TPSA) is 214 Å². The SMILES string of the molecule is CC/C=C\C/C=C\C/C=C\C/C=C\C/C=C\CC(=O)OC(COCCCCCCCCCCCCCCCCCCCC)COC1OC(COC2OC(CO)C(O)C(O)C2O)C(O)C(O)C1O. The van der Waals surface area contributed by atoms with Crippen LogP contribution in [-0.2, 0) is 33.2 Å². The summed E-state index contributed by atoms with van der Waals surface area (Å²) in [5.41, 5.74) is 0. The molecule has 0 aromatic rings. The lowest BCUT2D eigenvalue weighted by atomic mass is 9.98. The maximum atomic E-state index is 12.9.